The number of hydrogen-bond donors (Lipinski definition) is 1. The van der Waals surface area contributed by atoms with Crippen LogP contribution >= 0.6 is 0 Å². The van der Waals surface area contributed by atoms with E-state index in [1.54, 1.807) is 24.3 Å². The van der Waals surface area contributed by atoms with Gasteiger partial charge in [0.25, 0.3) is 0 Å². The topological polar surface area (TPSA) is 37.3 Å². The number of rotatable bonds is 0. The predicted octanol–water partition coefficient (Wildman–Crippen LogP) is 0.559. The molecule has 1 aromatic rings. The van der Waals surface area contributed by atoms with Gasteiger partial charge in [0.2, 0.25) is 0 Å². The fraction of sp³-hybridized carbons (Fsp3) is 0. The Labute approximate surface area is 82.2 Å². The van der Waals surface area contributed by atoms with Crippen molar-refractivity contribution < 1.29 is 9.90 Å². The molecule has 0 aromatic heterocycles. The van der Waals surface area contributed by atoms with Gasteiger partial charge < -0.3 is 9.90 Å². The molecule has 1 N–H and O–H groups in total. The zero-order valence-corrected chi connectivity index (χ0v) is 4.95. The molecule has 0 radical (unpaired) electrons. The normalized spacial score (nSPS) is 6.40. The van der Waals surface area contributed by atoms with Crippen LogP contribution in [-0.2, 0) is 4.79 Å². The van der Waals surface area contributed by atoms with Gasteiger partial charge in [0.15, 0.2) is 0 Å². The van der Waals surface area contributed by atoms with Crippen molar-refractivity contribution in [2.45, 2.75) is 0 Å². The third-order valence-corrected chi connectivity index (χ3v) is 0.756. The van der Waals surface area contributed by atoms with E-state index < -0.39 is 0 Å². The number of benzene rings is 1. The molecule has 10 heavy (non-hydrogen) atoms. The van der Waals surface area contributed by atoms with Crippen LogP contribution in [0, 0.1) is 0 Å². The summed E-state index contributed by atoms with van der Waals surface area (Å²) in [5.74, 6) is 0.322. The number of carbonyl (C=O) groups excluding carboxylic acids is 1. The quantitative estimate of drug-likeness (QED) is 0.546. The monoisotopic (exact) mass is 148 g/mol. The molecule has 0 unspecified atom stereocenters. The van der Waals surface area contributed by atoms with Gasteiger partial charge in [0, 0.05) is 0 Å². The average molecular weight is 148 g/mol. The van der Waals surface area contributed by atoms with E-state index in [1.165, 1.54) is 0 Å². The molecule has 0 saturated carbocycles. The molecule has 0 spiro atoms. The Bertz CT molecular complexity index is 153. The van der Waals surface area contributed by atoms with Gasteiger partial charge >= 0.3 is 29.6 Å². The van der Waals surface area contributed by atoms with Gasteiger partial charge in [-0.3, -0.25) is 0 Å². The van der Waals surface area contributed by atoms with Crippen molar-refractivity contribution in [2.75, 3.05) is 0 Å². The SMILES string of the molecule is C=O.Oc1ccccc1.[NaH]. The molecule has 0 saturated heterocycles. The first-order valence-corrected chi connectivity index (χ1v) is 2.42. The zero-order chi connectivity index (χ0) is 7.11. The summed E-state index contributed by atoms with van der Waals surface area (Å²) in [5, 5.41) is 8.63. The fourth-order valence-corrected chi connectivity index (χ4v) is 0.428. The summed E-state index contributed by atoms with van der Waals surface area (Å²) in [6.45, 7) is 2.00. The van der Waals surface area contributed by atoms with Crippen molar-refractivity contribution in [2.24, 2.45) is 0 Å². The van der Waals surface area contributed by atoms with Crippen LogP contribution in [0.25, 0.3) is 0 Å². The van der Waals surface area contributed by atoms with Gasteiger partial charge in [-0.05, 0) is 12.1 Å². The Balaban J connectivity index is 0. The Morgan fingerprint density at radius 3 is 1.70 bits per heavy atom. The third kappa shape index (κ3) is 5.82. The molecule has 0 amide bonds. The molecule has 2 nitrogen and oxygen atoms in total. The molecule has 0 aliphatic heterocycles. The first kappa shape index (κ1) is 12.4. The number of hydrogen-bond acceptors (Lipinski definition) is 2. The molecule has 0 aliphatic carbocycles. The van der Waals surface area contributed by atoms with E-state index in [0.29, 0.717) is 5.75 Å². The molecular weight excluding hydrogens is 139 g/mol. The van der Waals surface area contributed by atoms with Crippen LogP contribution in [-0.4, -0.2) is 41.5 Å². The first-order valence-electron chi connectivity index (χ1n) is 2.42. The van der Waals surface area contributed by atoms with Gasteiger partial charge in [0.1, 0.15) is 12.5 Å². The van der Waals surface area contributed by atoms with Crippen LogP contribution in [0.15, 0.2) is 30.3 Å². The summed E-state index contributed by atoms with van der Waals surface area (Å²) in [4.78, 5) is 8.00. The van der Waals surface area contributed by atoms with E-state index in [4.69, 9.17) is 9.90 Å². The van der Waals surface area contributed by atoms with Crippen LogP contribution in [0.1, 0.15) is 0 Å². The number of phenols is 1. The summed E-state index contributed by atoms with van der Waals surface area (Å²) >= 11 is 0. The van der Waals surface area contributed by atoms with Crippen LogP contribution in [0.3, 0.4) is 0 Å². The van der Waals surface area contributed by atoms with E-state index in [1.807, 2.05) is 12.9 Å². The molecule has 0 heterocycles. The van der Waals surface area contributed by atoms with E-state index in [2.05, 4.69) is 0 Å². The maximum absolute atomic E-state index is 8.63. The van der Waals surface area contributed by atoms with Crippen molar-refractivity contribution in [3.8, 4) is 5.75 Å². The number of aromatic hydroxyl groups is 1. The van der Waals surface area contributed by atoms with Crippen LogP contribution in [0.5, 0.6) is 5.75 Å². The molecule has 50 valence electrons. The van der Waals surface area contributed by atoms with Crippen LogP contribution in [0.4, 0.5) is 0 Å². The maximum atomic E-state index is 8.63. The van der Waals surface area contributed by atoms with Crippen LogP contribution in [0.2, 0.25) is 0 Å². The Morgan fingerprint density at radius 1 is 1.10 bits per heavy atom. The minimum atomic E-state index is 0. The first-order chi connectivity index (χ1) is 4.39. The molecule has 0 aliphatic rings. The van der Waals surface area contributed by atoms with Gasteiger partial charge in [-0.15, -0.1) is 0 Å². The summed E-state index contributed by atoms with van der Waals surface area (Å²) in [6.07, 6.45) is 0. The van der Waals surface area contributed by atoms with Gasteiger partial charge in [-0.1, -0.05) is 18.2 Å². The predicted molar refractivity (Wildman–Crippen MR) is 42.4 cm³/mol. The third-order valence-electron chi connectivity index (χ3n) is 0.756. The molecule has 0 atom stereocenters. The number of phenolic OH excluding ortho intramolecular Hbond substituents is 1. The minimum absolute atomic E-state index is 0. The second-order valence-corrected chi connectivity index (χ2v) is 1.34. The van der Waals surface area contributed by atoms with E-state index in [0.717, 1.165) is 0 Å². The van der Waals surface area contributed by atoms with Crippen molar-refractivity contribution >= 4 is 36.3 Å². The summed E-state index contributed by atoms with van der Waals surface area (Å²) < 4.78 is 0. The van der Waals surface area contributed by atoms with Crippen molar-refractivity contribution in [1.82, 2.24) is 0 Å². The molecule has 1 rings (SSSR count). The van der Waals surface area contributed by atoms with Crippen molar-refractivity contribution in [3.05, 3.63) is 30.3 Å². The molecule has 0 bridgehead atoms. The summed E-state index contributed by atoms with van der Waals surface area (Å²) in [7, 11) is 0. The second-order valence-electron chi connectivity index (χ2n) is 1.34. The van der Waals surface area contributed by atoms with E-state index in [9.17, 15) is 0 Å². The second kappa shape index (κ2) is 8.69. The van der Waals surface area contributed by atoms with Crippen molar-refractivity contribution in [3.63, 3.8) is 0 Å². The number of carbonyl (C=O) groups is 1. The summed E-state index contributed by atoms with van der Waals surface area (Å²) in [5.41, 5.74) is 0. The van der Waals surface area contributed by atoms with E-state index >= 15 is 0 Å². The molecule has 3 heteroatoms. The Hall–Kier alpha value is -0.310. The molecule has 0 fully saturated rings. The Kier molecular flexibility index (Phi) is 10.8. The van der Waals surface area contributed by atoms with E-state index in [-0.39, 0.29) is 29.6 Å². The van der Waals surface area contributed by atoms with Gasteiger partial charge in [-0.25, -0.2) is 0 Å². The zero-order valence-electron chi connectivity index (χ0n) is 4.95. The summed E-state index contributed by atoms with van der Waals surface area (Å²) in [6, 6.07) is 8.71. The average Bonchev–Trinajstić information content (AvgIpc) is 1.94. The van der Waals surface area contributed by atoms with Gasteiger partial charge in [-0.2, -0.15) is 0 Å². The fourth-order valence-electron chi connectivity index (χ4n) is 0.428. The van der Waals surface area contributed by atoms with Crippen molar-refractivity contribution in [1.29, 1.82) is 0 Å². The number of para-hydroxylation sites is 1. The molecule has 1 aromatic carbocycles. The van der Waals surface area contributed by atoms with Gasteiger partial charge in [0.05, 0.1) is 0 Å². The molecular formula is C7H9NaO2. The Morgan fingerprint density at radius 2 is 1.50 bits per heavy atom. The standard InChI is InChI=1S/C6H6O.CH2O.Na.H/c7-6-4-2-1-3-5-6;1-2;;/h1-5,7H;1H2;;. The van der Waals surface area contributed by atoms with Crippen LogP contribution < -0.4 is 0 Å².